The Balaban J connectivity index is 2.27. The number of carbonyl (C=O) groups is 1. The third kappa shape index (κ3) is 4.57. The highest BCUT2D eigenvalue weighted by Gasteiger charge is 2.22. The van der Waals surface area contributed by atoms with Gasteiger partial charge in [0, 0.05) is 13.1 Å². The van der Waals surface area contributed by atoms with Crippen LogP contribution in [0.5, 0.6) is 0 Å². The monoisotopic (exact) mass is 318 g/mol. The van der Waals surface area contributed by atoms with Gasteiger partial charge in [0.2, 0.25) is 0 Å². The molecular weight excluding hydrogens is 296 g/mol. The first-order valence-electron chi connectivity index (χ1n) is 7.57. The summed E-state index contributed by atoms with van der Waals surface area (Å²) in [5.41, 5.74) is 7.76. The van der Waals surface area contributed by atoms with Gasteiger partial charge >= 0.3 is 5.97 Å². The number of esters is 1. The Bertz CT molecular complexity index is 625. The molecule has 0 aliphatic heterocycles. The van der Waals surface area contributed by atoms with Crippen molar-refractivity contribution in [3.8, 4) is 0 Å². The van der Waals surface area contributed by atoms with E-state index in [9.17, 15) is 4.79 Å². The molecule has 0 fully saturated rings. The van der Waals surface area contributed by atoms with Crippen LogP contribution < -0.4 is 11.1 Å². The van der Waals surface area contributed by atoms with Gasteiger partial charge in [-0.25, -0.2) is 4.68 Å². The number of nitrogens with two attached hydrogens (primary N) is 1. The average Bonchev–Trinajstić information content (AvgIpc) is 2.97. The van der Waals surface area contributed by atoms with Crippen molar-refractivity contribution in [1.82, 2.24) is 25.5 Å². The lowest BCUT2D eigenvalue weighted by Gasteiger charge is -2.18. The molecule has 0 spiro atoms. The third-order valence-corrected chi connectivity index (χ3v) is 3.31. The second-order valence-electron chi connectivity index (χ2n) is 5.09. The number of hydrogen-bond acceptors (Lipinski definition) is 7. The van der Waals surface area contributed by atoms with Crippen LogP contribution in [-0.4, -0.2) is 45.9 Å². The Kier molecular flexibility index (Phi) is 6.19. The molecular formula is C15H22N6O2. The van der Waals surface area contributed by atoms with Gasteiger partial charge in [0.05, 0.1) is 12.6 Å². The molecule has 1 unspecified atom stereocenters. The van der Waals surface area contributed by atoms with E-state index in [1.807, 2.05) is 31.2 Å². The van der Waals surface area contributed by atoms with Gasteiger partial charge < -0.3 is 15.8 Å². The molecule has 1 aromatic carbocycles. The van der Waals surface area contributed by atoms with Crippen molar-refractivity contribution >= 4 is 5.97 Å². The molecule has 2 rings (SSSR count). The molecule has 3 N–H and O–H groups in total. The van der Waals surface area contributed by atoms with Crippen molar-refractivity contribution in [1.29, 1.82) is 0 Å². The molecule has 0 amide bonds. The first kappa shape index (κ1) is 17.0. The molecule has 1 atom stereocenters. The van der Waals surface area contributed by atoms with Gasteiger partial charge in [0.25, 0.3) is 0 Å². The minimum absolute atomic E-state index is 0.0250. The van der Waals surface area contributed by atoms with Crippen LogP contribution in [0.15, 0.2) is 24.3 Å². The molecule has 0 saturated carbocycles. The predicted molar refractivity (Wildman–Crippen MR) is 84.5 cm³/mol. The second-order valence-corrected chi connectivity index (χ2v) is 5.09. The van der Waals surface area contributed by atoms with Gasteiger partial charge in [-0.3, -0.25) is 4.79 Å². The topological polar surface area (TPSA) is 108 Å². The smallest absolute Gasteiger partial charge is 0.327 e. The zero-order chi connectivity index (χ0) is 16.7. The zero-order valence-corrected chi connectivity index (χ0v) is 13.4. The minimum Gasteiger partial charge on any atom is -0.465 e. The lowest BCUT2D eigenvalue weighted by Crippen LogP contribution is -2.31. The second kappa shape index (κ2) is 8.35. The summed E-state index contributed by atoms with van der Waals surface area (Å²) in [6.07, 6.45) is 0. The van der Waals surface area contributed by atoms with E-state index in [0.717, 1.165) is 11.1 Å². The van der Waals surface area contributed by atoms with Gasteiger partial charge in [-0.05, 0) is 29.8 Å². The lowest BCUT2D eigenvalue weighted by molar-refractivity contribution is -0.144. The van der Waals surface area contributed by atoms with Crippen molar-refractivity contribution in [3.63, 3.8) is 0 Å². The molecule has 1 heterocycles. The number of benzene rings is 1. The molecule has 1 aromatic heterocycles. The number of aromatic nitrogens is 4. The van der Waals surface area contributed by atoms with Crippen molar-refractivity contribution in [2.45, 2.75) is 26.4 Å². The minimum atomic E-state index is -0.373. The van der Waals surface area contributed by atoms with Crippen molar-refractivity contribution in [2.75, 3.05) is 19.7 Å². The molecule has 0 saturated heterocycles. The fourth-order valence-electron chi connectivity index (χ4n) is 2.20. The Morgan fingerprint density at radius 3 is 2.78 bits per heavy atom. The third-order valence-electron chi connectivity index (χ3n) is 3.31. The Morgan fingerprint density at radius 2 is 2.13 bits per heavy atom. The molecule has 124 valence electrons. The highest BCUT2D eigenvalue weighted by molar-refractivity contribution is 5.69. The molecule has 0 aliphatic carbocycles. The van der Waals surface area contributed by atoms with Crippen molar-refractivity contribution < 1.29 is 9.53 Å². The number of hydrogen-bond donors (Lipinski definition) is 2. The number of ether oxygens (including phenoxy) is 1. The molecule has 8 heteroatoms. The quantitative estimate of drug-likeness (QED) is 0.668. The van der Waals surface area contributed by atoms with Crippen LogP contribution in [0.25, 0.3) is 0 Å². The van der Waals surface area contributed by atoms with E-state index in [1.54, 1.807) is 6.92 Å². The van der Waals surface area contributed by atoms with E-state index >= 15 is 0 Å². The predicted octanol–water partition coefficient (Wildman–Crippen LogP) is 0.182. The van der Waals surface area contributed by atoms with E-state index in [1.165, 1.54) is 4.68 Å². The number of aryl methyl sites for hydroxylation is 1. The van der Waals surface area contributed by atoms with Crippen LogP contribution in [0.4, 0.5) is 0 Å². The standard InChI is InChI=1S/C15H22N6O2/c1-3-23-13(22)10-21-15(18-19-20-21)14(17-9-8-16)12-6-4-11(2)5-7-12/h4-7,14,17H,3,8-10,16H2,1-2H3. The summed E-state index contributed by atoms with van der Waals surface area (Å²) >= 11 is 0. The maximum atomic E-state index is 11.7. The molecule has 0 radical (unpaired) electrons. The number of nitrogens with zero attached hydrogens (tertiary/aromatic N) is 4. The summed E-state index contributed by atoms with van der Waals surface area (Å²) < 4.78 is 6.41. The van der Waals surface area contributed by atoms with Gasteiger partial charge in [0.1, 0.15) is 6.54 Å². The molecule has 0 aliphatic rings. The first-order valence-corrected chi connectivity index (χ1v) is 7.57. The highest BCUT2D eigenvalue weighted by Crippen LogP contribution is 2.20. The van der Waals surface area contributed by atoms with Crippen LogP contribution >= 0.6 is 0 Å². The number of rotatable bonds is 8. The largest absolute Gasteiger partial charge is 0.465 e. The summed E-state index contributed by atoms with van der Waals surface area (Å²) in [7, 11) is 0. The van der Waals surface area contributed by atoms with Gasteiger partial charge in [0.15, 0.2) is 5.82 Å². The first-order chi connectivity index (χ1) is 11.2. The SMILES string of the molecule is CCOC(=O)Cn1nnnc1C(NCCN)c1ccc(C)cc1. The van der Waals surface area contributed by atoms with Crippen molar-refractivity contribution in [2.24, 2.45) is 5.73 Å². The lowest BCUT2D eigenvalue weighted by atomic mass is 10.0. The van der Waals surface area contributed by atoms with Crippen LogP contribution in [0.2, 0.25) is 0 Å². The van der Waals surface area contributed by atoms with E-state index in [4.69, 9.17) is 10.5 Å². The number of tetrazole rings is 1. The van der Waals surface area contributed by atoms with E-state index < -0.39 is 0 Å². The Morgan fingerprint density at radius 1 is 1.39 bits per heavy atom. The van der Waals surface area contributed by atoms with Crippen LogP contribution in [0, 0.1) is 6.92 Å². The summed E-state index contributed by atoms with van der Waals surface area (Å²) in [5.74, 6) is 0.179. The zero-order valence-electron chi connectivity index (χ0n) is 13.4. The Hall–Kier alpha value is -2.32. The Labute approximate surface area is 135 Å². The van der Waals surface area contributed by atoms with E-state index in [-0.39, 0.29) is 18.6 Å². The summed E-state index contributed by atoms with van der Waals surface area (Å²) in [6.45, 7) is 5.17. The highest BCUT2D eigenvalue weighted by atomic mass is 16.5. The van der Waals surface area contributed by atoms with Crippen LogP contribution in [-0.2, 0) is 16.1 Å². The fourth-order valence-corrected chi connectivity index (χ4v) is 2.20. The summed E-state index contributed by atoms with van der Waals surface area (Å²) in [4.78, 5) is 11.7. The molecule has 23 heavy (non-hydrogen) atoms. The van der Waals surface area contributed by atoms with Gasteiger partial charge in [-0.15, -0.1) is 5.10 Å². The molecule has 2 aromatic rings. The van der Waals surface area contributed by atoms with Crippen LogP contribution in [0.3, 0.4) is 0 Å². The van der Waals surface area contributed by atoms with Crippen molar-refractivity contribution in [3.05, 3.63) is 41.2 Å². The summed E-state index contributed by atoms with van der Waals surface area (Å²) in [5, 5.41) is 15.0. The van der Waals surface area contributed by atoms with Gasteiger partial charge in [-0.1, -0.05) is 29.8 Å². The van der Waals surface area contributed by atoms with E-state index in [2.05, 4.69) is 20.8 Å². The van der Waals surface area contributed by atoms with E-state index in [0.29, 0.717) is 25.5 Å². The maximum absolute atomic E-state index is 11.7. The fraction of sp³-hybridized carbons (Fsp3) is 0.467. The molecule has 0 bridgehead atoms. The number of nitrogens with one attached hydrogen (secondary N) is 1. The average molecular weight is 318 g/mol. The summed E-state index contributed by atoms with van der Waals surface area (Å²) in [6, 6.07) is 7.81. The van der Waals surface area contributed by atoms with Crippen LogP contribution in [0.1, 0.15) is 29.9 Å². The maximum Gasteiger partial charge on any atom is 0.327 e. The molecule has 8 nitrogen and oxygen atoms in total. The number of carbonyl (C=O) groups excluding carboxylic acids is 1. The van der Waals surface area contributed by atoms with Gasteiger partial charge in [-0.2, -0.15) is 0 Å². The normalized spacial score (nSPS) is 12.1.